The van der Waals surface area contributed by atoms with Crippen molar-refractivity contribution in [1.29, 1.82) is 0 Å². The van der Waals surface area contributed by atoms with Crippen LogP contribution in [0.3, 0.4) is 0 Å². The molecule has 0 aromatic heterocycles. The fraction of sp³-hybridized carbons (Fsp3) is 0.417. The Kier molecular flexibility index (Phi) is 5.93. The molecular weight excluding hydrogens is 282 g/mol. The van der Waals surface area contributed by atoms with Crippen LogP contribution in [0.4, 0.5) is 4.79 Å². The minimum absolute atomic E-state index is 0.0592. The topological polar surface area (TPSA) is 122 Å². The molecule has 1 atom stereocenters. The fourth-order valence-corrected chi connectivity index (χ4v) is 1.98. The van der Waals surface area contributed by atoms with Gasteiger partial charge in [-0.3, -0.25) is 0 Å². The highest BCUT2D eigenvalue weighted by atomic mass is 32.2. The number of carbonyl (C=O) groups excluding carboxylic acids is 1. The summed E-state index contributed by atoms with van der Waals surface area (Å²) >= 11 is 0. The normalized spacial score (nSPS) is 12.8. The largest absolute Gasteiger partial charge is 0.392 e. The van der Waals surface area contributed by atoms with Gasteiger partial charge in [0.25, 0.3) is 0 Å². The van der Waals surface area contributed by atoms with E-state index in [1.165, 1.54) is 12.1 Å². The van der Waals surface area contributed by atoms with Gasteiger partial charge >= 0.3 is 6.03 Å². The Morgan fingerprint density at radius 1 is 1.30 bits per heavy atom. The third-order valence-corrected chi connectivity index (χ3v) is 3.44. The van der Waals surface area contributed by atoms with Gasteiger partial charge in [-0.25, -0.2) is 18.4 Å². The summed E-state index contributed by atoms with van der Waals surface area (Å²) in [7, 11) is -3.67. The molecular formula is C12H19N3O4S. The van der Waals surface area contributed by atoms with E-state index in [4.69, 9.17) is 10.2 Å². The molecule has 7 nitrogen and oxygen atoms in total. The molecule has 0 spiro atoms. The maximum absolute atomic E-state index is 11.3. The van der Waals surface area contributed by atoms with Crippen molar-refractivity contribution >= 4 is 16.1 Å². The molecule has 1 aromatic carbocycles. The molecule has 0 radical (unpaired) electrons. The minimum atomic E-state index is -3.67. The van der Waals surface area contributed by atoms with E-state index >= 15 is 0 Å². The lowest BCUT2D eigenvalue weighted by molar-refractivity contribution is 0.187. The van der Waals surface area contributed by atoms with Crippen LogP contribution in [0, 0.1) is 0 Å². The molecule has 2 amide bonds. The van der Waals surface area contributed by atoms with Crippen LogP contribution in [0.25, 0.3) is 0 Å². The van der Waals surface area contributed by atoms with Crippen LogP contribution in [-0.4, -0.2) is 38.7 Å². The highest BCUT2D eigenvalue weighted by molar-refractivity contribution is 7.89. The van der Waals surface area contributed by atoms with Crippen LogP contribution in [0.15, 0.2) is 29.2 Å². The number of rotatable bonds is 6. The van der Waals surface area contributed by atoms with E-state index in [1.54, 1.807) is 19.1 Å². The summed E-state index contributed by atoms with van der Waals surface area (Å²) in [6.07, 6.45) is -0.0287. The second-order valence-electron chi connectivity index (χ2n) is 4.42. The van der Waals surface area contributed by atoms with Gasteiger partial charge in [-0.05, 0) is 31.0 Å². The Morgan fingerprint density at radius 3 is 2.40 bits per heavy atom. The molecule has 0 bridgehead atoms. The zero-order chi connectivity index (χ0) is 15.2. The number of amides is 2. The molecule has 0 aliphatic rings. The van der Waals surface area contributed by atoms with Crippen LogP contribution < -0.4 is 15.8 Å². The summed E-state index contributed by atoms with van der Waals surface area (Å²) in [5.41, 5.74) is 0.883. The lowest BCUT2D eigenvalue weighted by Gasteiger charge is -2.09. The maximum atomic E-state index is 11.3. The number of primary sulfonamides is 1. The Hall–Kier alpha value is -1.64. The molecule has 0 saturated carbocycles. The number of hydrogen-bond acceptors (Lipinski definition) is 4. The van der Waals surface area contributed by atoms with Crippen molar-refractivity contribution in [2.24, 2.45) is 5.14 Å². The van der Waals surface area contributed by atoms with Crippen LogP contribution in [0.2, 0.25) is 0 Å². The highest BCUT2D eigenvalue weighted by Gasteiger charge is 2.07. The van der Waals surface area contributed by atoms with Crippen molar-refractivity contribution in [2.45, 2.75) is 24.3 Å². The molecule has 1 aromatic rings. The molecule has 0 aliphatic heterocycles. The summed E-state index contributed by atoms with van der Waals surface area (Å²) in [6.45, 7) is 2.17. The predicted molar refractivity (Wildman–Crippen MR) is 74.6 cm³/mol. The number of nitrogens with one attached hydrogen (secondary N) is 2. The van der Waals surface area contributed by atoms with E-state index in [2.05, 4.69) is 10.6 Å². The molecule has 5 N–H and O–H groups in total. The highest BCUT2D eigenvalue weighted by Crippen LogP contribution is 2.08. The van der Waals surface area contributed by atoms with Gasteiger partial charge < -0.3 is 15.7 Å². The fourth-order valence-electron chi connectivity index (χ4n) is 1.47. The zero-order valence-corrected chi connectivity index (χ0v) is 12.0. The van der Waals surface area contributed by atoms with Crippen molar-refractivity contribution < 1.29 is 18.3 Å². The second-order valence-corrected chi connectivity index (χ2v) is 5.99. The molecule has 1 rings (SSSR count). The van der Waals surface area contributed by atoms with Gasteiger partial charge in [0, 0.05) is 13.1 Å². The number of aliphatic hydroxyl groups is 1. The first-order valence-corrected chi connectivity index (χ1v) is 7.65. The molecule has 20 heavy (non-hydrogen) atoms. The van der Waals surface area contributed by atoms with Crippen molar-refractivity contribution in [1.82, 2.24) is 10.6 Å². The van der Waals surface area contributed by atoms with E-state index in [-0.39, 0.29) is 17.5 Å². The van der Waals surface area contributed by atoms with E-state index in [9.17, 15) is 13.2 Å². The first-order chi connectivity index (χ1) is 9.29. The number of carbonyl (C=O) groups is 1. The summed E-state index contributed by atoms with van der Waals surface area (Å²) in [4.78, 5) is 11.4. The van der Waals surface area contributed by atoms with Crippen LogP contribution >= 0.6 is 0 Å². The van der Waals surface area contributed by atoms with Gasteiger partial charge in [-0.2, -0.15) is 0 Å². The van der Waals surface area contributed by atoms with Gasteiger partial charge in [0.1, 0.15) is 0 Å². The van der Waals surface area contributed by atoms with Gasteiger partial charge in [0.05, 0.1) is 11.0 Å². The Morgan fingerprint density at radius 2 is 1.90 bits per heavy atom. The maximum Gasteiger partial charge on any atom is 0.314 e. The quantitative estimate of drug-likeness (QED) is 0.569. The average Bonchev–Trinajstić information content (AvgIpc) is 2.36. The molecule has 0 saturated heterocycles. The number of sulfonamides is 1. The Balaban J connectivity index is 2.38. The summed E-state index contributed by atoms with van der Waals surface area (Å²) in [6, 6.07) is 5.80. The first kappa shape index (κ1) is 16.4. The number of aliphatic hydroxyl groups excluding tert-OH is 1. The third-order valence-electron chi connectivity index (χ3n) is 2.51. The van der Waals surface area contributed by atoms with Gasteiger partial charge in [-0.15, -0.1) is 0 Å². The van der Waals surface area contributed by atoms with Gasteiger partial charge in [0.2, 0.25) is 10.0 Å². The first-order valence-electron chi connectivity index (χ1n) is 6.10. The van der Waals surface area contributed by atoms with Crippen LogP contribution in [0.1, 0.15) is 12.5 Å². The lowest BCUT2D eigenvalue weighted by Crippen LogP contribution is -2.39. The number of nitrogens with two attached hydrogens (primary N) is 1. The molecule has 0 unspecified atom stereocenters. The van der Waals surface area contributed by atoms with Crippen molar-refractivity contribution in [3.63, 3.8) is 0 Å². The SMILES string of the molecule is C[C@@H](O)CNC(=O)NCCc1ccc(S(N)(=O)=O)cc1. The molecule has 8 heteroatoms. The average molecular weight is 301 g/mol. The van der Waals surface area contributed by atoms with E-state index in [0.29, 0.717) is 13.0 Å². The van der Waals surface area contributed by atoms with E-state index in [0.717, 1.165) is 5.56 Å². The second kappa shape index (κ2) is 7.22. The van der Waals surface area contributed by atoms with Gasteiger partial charge in [-0.1, -0.05) is 12.1 Å². The Bertz CT molecular complexity index is 540. The standard InChI is InChI=1S/C12H19N3O4S/c1-9(16)8-15-12(17)14-7-6-10-2-4-11(5-3-10)20(13,18)19/h2-5,9,16H,6-8H2,1H3,(H2,13,18,19)(H2,14,15,17)/t9-/m1/s1. The molecule has 112 valence electrons. The van der Waals surface area contributed by atoms with Crippen LogP contribution in [0.5, 0.6) is 0 Å². The van der Waals surface area contributed by atoms with Gasteiger partial charge in [0.15, 0.2) is 0 Å². The molecule has 0 heterocycles. The van der Waals surface area contributed by atoms with E-state index < -0.39 is 16.1 Å². The van der Waals surface area contributed by atoms with Crippen LogP contribution in [-0.2, 0) is 16.4 Å². The summed E-state index contributed by atoms with van der Waals surface area (Å²) in [5, 5.41) is 19.1. The van der Waals surface area contributed by atoms with Crippen molar-refractivity contribution in [3.05, 3.63) is 29.8 Å². The summed E-state index contributed by atoms with van der Waals surface area (Å²) < 4.78 is 22.1. The summed E-state index contributed by atoms with van der Waals surface area (Å²) in [5.74, 6) is 0. The van der Waals surface area contributed by atoms with Crippen molar-refractivity contribution in [3.8, 4) is 0 Å². The van der Waals surface area contributed by atoms with E-state index in [1.807, 2.05) is 0 Å². The van der Waals surface area contributed by atoms with Crippen molar-refractivity contribution in [2.75, 3.05) is 13.1 Å². The Labute approximate surface area is 118 Å². The predicted octanol–water partition coefficient (Wildman–Crippen LogP) is -0.443. The smallest absolute Gasteiger partial charge is 0.314 e. The third kappa shape index (κ3) is 6.00. The molecule has 0 fully saturated rings. The number of hydrogen-bond donors (Lipinski definition) is 4. The number of urea groups is 1. The number of benzene rings is 1. The zero-order valence-electron chi connectivity index (χ0n) is 11.2. The minimum Gasteiger partial charge on any atom is -0.392 e. The monoisotopic (exact) mass is 301 g/mol. The lowest BCUT2D eigenvalue weighted by atomic mass is 10.1. The molecule has 0 aliphatic carbocycles.